The van der Waals surface area contributed by atoms with Crippen molar-refractivity contribution < 1.29 is 0 Å². The van der Waals surface area contributed by atoms with Gasteiger partial charge in [0.15, 0.2) is 0 Å². The van der Waals surface area contributed by atoms with E-state index in [1.54, 1.807) is 0 Å². The fraction of sp³-hybridized carbons (Fsp3) is 0.625. The molecule has 0 aromatic heterocycles. The lowest BCUT2D eigenvalue weighted by atomic mass is 9.85. The molecule has 2 unspecified atom stereocenters. The van der Waals surface area contributed by atoms with E-state index in [-0.39, 0.29) is 11.5 Å². The Balaban J connectivity index is 2.84. The Kier molecular flexibility index (Phi) is 5.36. The quantitative estimate of drug-likeness (QED) is 0.839. The van der Waals surface area contributed by atoms with E-state index < -0.39 is 0 Å². The van der Waals surface area contributed by atoms with Gasteiger partial charge in [-0.15, -0.1) is 0 Å². The van der Waals surface area contributed by atoms with Crippen molar-refractivity contribution >= 4 is 0 Å². The van der Waals surface area contributed by atoms with E-state index in [9.17, 15) is 0 Å². The van der Waals surface area contributed by atoms with Crippen molar-refractivity contribution in [2.75, 3.05) is 13.6 Å². The third kappa shape index (κ3) is 3.82. The number of hydrogen-bond donors (Lipinski definition) is 2. The van der Waals surface area contributed by atoms with E-state index in [0.717, 1.165) is 13.0 Å². The predicted octanol–water partition coefficient (Wildman–Crippen LogP) is 3.23. The molecule has 0 fully saturated rings. The van der Waals surface area contributed by atoms with Gasteiger partial charge in [-0.05, 0) is 36.1 Å². The Morgan fingerprint density at radius 3 is 2.11 bits per heavy atom. The summed E-state index contributed by atoms with van der Waals surface area (Å²) < 4.78 is 0. The van der Waals surface area contributed by atoms with Crippen molar-refractivity contribution in [3.63, 3.8) is 0 Å². The summed E-state index contributed by atoms with van der Waals surface area (Å²) >= 11 is 0. The molecule has 0 bridgehead atoms. The van der Waals surface area contributed by atoms with E-state index in [1.165, 1.54) is 11.1 Å². The average molecular weight is 248 g/mol. The summed E-state index contributed by atoms with van der Waals surface area (Å²) in [5.74, 6) is 0.496. The zero-order valence-electron chi connectivity index (χ0n) is 12.5. The minimum absolute atomic E-state index is 0.122. The van der Waals surface area contributed by atoms with Crippen LogP contribution in [0.4, 0.5) is 0 Å². The second-order valence-electron chi connectivity index (χ2n) is 6.12. The van der Waals surface area contributed by atoms with E-state index in [0.29, 0.717) is 5.92 Å². The summed E-state index contributed by atoms with van der Waals surface area (Å²) in [6.45, 7) is 9.87. The van der Waals surface area contributed by atoms with Crippen molar-refractivity contribution in [2.45, 2.75) is 45.6 Å². The molecule has 1 aromatic rings. The lowest BCUT2D eigenvalue weighted by molar-refractivity contribution is 0.403. The summed E-state index contributed by atoms with van der Waals surface area (Å²) in [6.07, 6.45) is 1.10. The largest absolute Gasteiger partial charge is 0.324 e. The van der Waals surface area contributed by atoms with Crippen LogP contribution in [-0.4, -0.2) is 13.6 Å². The molecule has 0 aliphatic rings. The zero-order valence-corrected chi connectivity index (χ0v) is 12.5. The van der Waals surface area contributed by atoms with Gasteiger partial charge in [0.25, 0.3) is 0 Å². The van der Waals surface area contributed by atoms with Gasteiger partial charge in [-0.2, -0.15) is 0 Å². The highest BCUT2D eigenvalue weighted by molar-refractivity contribution is 5.29. The second-order valence-corrected chi connectivity index (χ2v) is 6.12. The monoisotopic (exact) mass is 248 g/mol. The Bertz CT molecular complexity index is 348. The number of hydrogen-bond acceptors (Lipinski definition) is 2. The molecule has 102 valence electrons. The predicted molar refractivity (Wildman–Crippen MR) is 79.8 cm³/mol. The van der Waals surface area contributed by atoms with E-state index in [1.807, 2.05) is 7.05 Å². The maximum atomic E-state index is 6.35. The molecule has 3 N–H and O–H groups in total. The Morgan fingerprint density at radius 2 is 1.72 bits per heavy atom. The molecule has 1 aromatic carbocycles. The minimum atomic E-state index is 0.122. The first-order valence-corrected chi connectivity index (χ1v) is 6.90. The molecule has 1 rings (SSSR count). The highest BCUT2D eigenvalue weighted by Crippen LogP contribution is 2.26. The van der Waals surface area contributed by atoms with Gasteiger partial charge in [-0.25, -0.2) is 0 Å². The van der Waals surface area contributed by atoms with Crippen LogP contribution < -0.4 is 11.1 Å². The van der Waals surface area contributed by atoms with E-state index >= 15 is 0 Å². The standard InChI is InChI=1S/C16H28N2/c1-6-12(11-18-5)15(17)13-7-9-14(10-8-13)16(2,3)4/h7-10,12,15,18H,6,11,17H2,1-5H3. The van der Waals surface area contributed by atoms with E-state index in [2.05, 4.69) is 57.3 Å². The zero-order chi connectivity index (χ0) is 13.8. The van der Waals surface area contributed by atoms with Gasteiger partial charge in [-0.1, -0.05) is 58.4 Å². The maximum absolute atomic E-state index is 6.35. The number of rotatable bonds is 5. The summed E-state index contributed by atoms with van der Waals surface area (Å²) in [6, 6.07) is 8.91. The van der Waals surface area contributed by atoms with Gasteiger partial charge in [0, 0.05) is 6.04 Å². The second kappa shape index (κ2) is 6.35. The van der Waals surface area contributed by atoms with Crippen LogP contribution in [0, 0.1) is 5.92 Å². The molecule has 0 aliphatic carbocycles. The molecule has 0 amide bonds. The number of nitrogens with one attached hydrogen (secondary N) is 1. The van der Waals surface area contributed by atoms with Crippen molar-refractivity contribution in [3.05, 3.63) is 35.4 Å². The van der Waals surface area contributed by atoms with Crippen molar-refractivity contribution in [2.24, 2.45) is 11.7 Å². The molecule has 2 heteroatoms. The highest BCUT2D eigenvalue weighted by atomic mass is 14.8. The SMILES string of the molecule is CCC(CNC)C(N)c1ccc(C(C)(C)C)cc1. The Labute approximate surface area is 112 Å². The summed E-state index contributed by atoms with van der Waals surface area (Å²) in [5.41, 5.74) is 9.16. The third-order valence-corrected chi connectivity index (χ3v) is 3.66. The first kappa shape index (κ1) is 15.2. The Hall–Kier alpha value is -0.860. The summed E-state index contributed by atoms with van der Waals surface area (Å²) in [5, 5.41) is 3.23. The minimum Gasteiger partial charge on any atom is -0.324 e. The molecular formula is C16H28N2. The number of nitrogens with two attached hydrogens (primary N) is 1. The van der Waals surface area contributed by atoms with Crippen molar-refractivity contribution in [3.8, 4) is 0 Å². The Morgan fingerprint density at radius 1 is 1.17 bits per heavy atom. The molecule has 18 heavy (non-hydrogen) atoms. The molecule has 0 heterocycles. The van der Waals surface area contributed by atoms with Crippen LogP contribution in [-0.2, 0) is 5.41 Å². The van der Waals surface area contributed by atoms with Crippen LogP contribution in [0.25, 0.3) is 0 Å². The van der Waals surface area contributed by atoms with Crippen LogP contribution in [0.5, 0.6) is 0 Å². The molecule has 2 atom stereocenters. The molecule has 0 radical (unpaired) electrons. The summed E-state index contributed by atoms with van der Waals surface area (Å²) in [4.78, 5) is 0. The van der Waals surface area contributed by atoms with E-state index in [4.69, 9.17) is 5.73 Å². The fourth-order valence-electron chi connectivity index (χ4n) is 2.26. The van der Waals surface area contributed by atoms with Gasteiger partial charge in [0.2, 0.25) is 0 Å². The highest BCUT2D eigenvalue weighted by Gasteiger charge is 2.18. The van der Waals surface area contributed by atoms with Crippen molar-refractivity contribution in [1.29, 1.82) is 0 Å². The van der Waals surface area contributed by atoms with Crippen LogP contribution >= 0.6 is 0 Å². The molecular weight excluding hydrogens is 220 g/mol. The average Bonchev–Trinajstić information content (AvgIpc) is 2.34. The normalized spacial score (nSPS) is 15.4. The molecule has 0 spiro atoms. The first-order valence-electron chi connectivity index (χ1n) is 6.90. The number of benzene rings is 1. The summed E-state index contributed by atoms with van der Waals surface area (Å²) in [7, 11) is 1.98. The topological polar surface area (TPSA) is 38.0 Å². The maximum Gasteiger partial charge on any atom is 0.0335 e. The lowest BCUT2D eigenvalue weighted by Crippen LogP contribution is -2.29. The van der Waals surface area contributed by atoms with Crippen LogP contribution in [0.15, 0.2) is 24.3 Å². The van der Waals surface area contributed by atoms with Crippen LogP contribution in [0.1, 0.15) is 51.3 Å². The fourth-order valence-corrected chi connectivity index (χ4v) is 2.26. The van der Waals surface area contributed by atoms with Crippen molar-refractivity contribution in [1.82, 2.24) is 5.32 Å². The first-order chi connectivity index (χ1) is 8.40. The van der Waals surface area contributed by atoms with Gasteiger partial charge in [0.05, 0.1) is 0 Å². The molecule has 0 aliphatic heterocycles. The molecule has 0 saturated heterocycles. The lowest BCUT2D eigenvalue weighted by Gasteiger charge is -2.24. The van der Waals surface area contributed by atoms with Gasteiger partial charge in [-0.3, -0.25) is 0 Å². The molecule has 2 nitrogen and oxygen atoms in total. The van der Waals surface area contributed by atoms with Gasteiger partial charge >= 0.3 is 0 Å². The van der Waals surface area contributed by atoms with Gasteiger partial charge < -0.3 is 11.1 Å². The third-order valence-electron chi connectivity index (χ3n) is 3.66. The smallest absolute Gasteiger partial charge is 0.0335 e. The van der Waals surface area contributed by atoms with Gasteiger partial charge in [0.1, 0.15) is 0 Å². The molecule has 0 saturated carbocycles. The van der Waals surface area contributed by atoms with Crippen LogP contribution in [0.3, 0.4) is 0 Å². The van der Waals surface area contributed by atoms with Crippen LogP contribution in [0.2, 0.25) is 0 Å².